The van der Waals surface area contributed by atoms with Crippen molar-refractivity contribution in [3.8, 4) is 17.0 Å². The van der Waals surface area contributed by atoms with Gasteiger partial charge >= 0.3 is 0 Å². The number of hydrogen-bond donors (Lipinski definition) is 3. The minimum absolute atomic E-state index is 0.0751. The van der Waals surface area contributed by atoms with Crippen molar-refractivity contribution in [1.82, 2.24) is 19.7 Å². The van der Waals surface area contributed by atoms with E-state index in [1.807, 2.05) is 26.2 Å². The summed E-state index contributed by atoms with van der Waals surface area (Å²) in [6.07, 6.45) is 8.27. The van der Waals surface area contributed by atoms with Crippen molar-refractivity contribution in [2.75, 3.05) is 22.6 Å². The van der Waals surface area contributed by atoms with Gasteiger partial charge in [-0.3, -0.25) is 24.2 Å². The average molecular weight is 403 g/mol. The molecule has 0 unspecified atom stereocenters. The molecule has 2 amide bonds. The molecule has 2 aliphatic rings. The van der Waals surface area contributed by atoms with Crippen LogP contribution in [0, 0.1) is 0 Å². The topological polar surface area (TPSA) is 123 Å². The lowest BCUT2D eigenvalue weighted by molar-refractivity contribution is -0.118. The van der Waals surface area contributed by atoms with E-state index in [4.69, 9.17) is 4.74 Å². The second kappa shape index (κ2) is 6.69. The molecule has 0 saturated carbocycles. The number of rotatable bonds is 3. The maximum Gasteiger partial charge on any atom is 0.262 e. The van der Waals surface area contributed by atoms with Gasteiger partial charge in [-0.25, -0.2) is 0 Å². The molecule has 5 heterocycles. The van der Waals surface area contributed by atoms with Gasteiger partial charge in [0, 0.05) is 30.7 Å². The molecule has 0 spiro atoms. The number of aryl methyl sites for hydroxylation is 1. The van der Waals surface area contributed by atoms with Crippen LogP contribution in [0.4, 0.5) is 17.1 Å². The fourth-order valence-electron chi connectivity index (χ4n) is 3.55. The molecule has 3 N–H and O–H groups in total. The van der Waals surface area contributed by atoms with Crippen LogP contribution in [0.5, 0.6) is 5.75 Å². The van der Waals surface area contributed by atoms with E-state index in [0.717, 1.165) is 11.3 Å². The van der Waals surface area contributed by atoms with Crippen LogP contribution in [0.3, 0.4) is 0 Å². The smallest absolute Gasteiger partial charge is 0.262 e. The Balaban J connectivity index is 1.57. The van der Waals surface area contributed by atoms with Gasteiger partial charge in [-0.05, 0) is 13.0 Å². The van der Waals surface area contributed by atoms with Crippen molar-refractivity contribution in [2.24, 2.45) is 7.05 Å². The van der Waals surface area contributed by atoms with Crippen LogP contribution in [0.25, 0.3) is 16.8 Å². The number of carbonyl (C=O) groups is 2. The predicted octanol–water partition coefficient (Wildman–Crippen LogP) is 2.00. The summed E-state index contributed by atoms with van der Waals surface area (Å²) in [5, 5.41) is 12.9. The van der Waals surface area contributed by atoms with Gasteiger partial charge in [0.05, 0.1) is 46.8 Å². The molecule has 2 aliphatic heterocycles. The zero-order chi connectivity index (χ0) is 20.8. The van der Waals surface area contributed by atoms with Gasteiger partial charge < -0.3 is 20.7 Å². The van der Waals surface area contributed by atoms with E-state index in [0.29, 0.717) is 39.7 Å². The number of amides is 2. The van der Waals surface area contributed by atoms with Crippen LogP contribution in [0.2, 0.25) is 0 Å². The number of ether oxygens (including phenoxy) is 1. The first-order valence-corrected chi connectivity index (χ1v) is 9.19. The highest BCUT2D eigenvalue weighted by Crippen LogP contribution is 2.40. The quantitative estimate of drug-likeness (QED) is 0.572. The number of fused-ring (bicyclic) bond motifs is 2. The maximum absolute atomic E-state index is 12.6. The van der Waals surface area contributed by atoms with Crippen molar-refractivity contribution in [3.63, 3.8) is 0 Å². The number of pyridine rings is 2. The fourth-order valence-corrected chi connectivity index (χ4v) is 3.55. The molecule has 0 atom stereocenters. The van der Waals surface area contributed by atoms with Crippen molar-refractivity contribution < 1.29 is 14.3 Å². The SMILES string of the molecule is CC(Nc1cnn(C)c1)=C1C(=O)Nc2cnc(-c3cncc4c3OCC(=O)N4)cc21. The van der Waals surface area contributed by atoms with Gasteiger partial charge in [-0.2, -0.15) is 5.10 Å². The van der Waals surface area contributed by atoms with E-state index in [9.17, 15) is 9.59 Å². The summed E-state index contributed by atoms with van der Waals surface area (Å²) < 4.78 is 7.29. The van der Waals surface area contributed by atoms with Crippen LogP contribution >= 0.6 is 0 Å². The molecule has 5 rings (SSSR count). The van der Waals surface area contributed by atoms with E-state index in [1.54, 1.807) is 23.3 Å². The molecule has 10 nitrogen and oxygen atoms in total. The summed E-state index contributed by atoms with van der Waals surface area (Å²) in [5.41, 5.74) is 5.03. The summed E-state index contributed by atoms with van der Waals surface area (Å²) in [5.74, 6) is 0.0557. The Morgan fingerprint density at radius 1 is 1.13 bits per heavy atom. The van der Waals surface area contributed by atoms with Gasteiger partial charge in [-0.1, -0.05) is 0 Å². The summed E-state index contributed by atoms with van der Waals surface area (Å²) in [6, 6.07) is 1.81. The molecule has 0 radical (unpaired) electrons. The third-order valence-electron chi connectivity index (χ3n) is 4.85. The molecule has 0 saturated heterocycles. The summed E-state index contributed by atoms with van der Waals surface area (Å²) in [4.78, 5) is 32.9. The second-order valence-corrected chi connectivity index (χ2v) is 7.00. The Labute approximate surface area is 171 Å². The molecule has 0 aromatic carbocycles. The van der Waals surface area contributed by atoms with E-state index < -0.39 is 0 Å². The van der Waals surface area contributed by atoms with Gasteiger partial charge in [0.1, 0.15) is 5.69 Å². The lowest BCUT2D eigenvalue weighted by atomic mass is 10.0. The lowest BCUT2D eigenvalue weighted by Gasteiger charge is -2.20. The monoisotopic (exact) mass is 403 g/mol. The van der Waals surface area contributed by atoms with Crippen molar-refractivity contribution in [3.05, 3.63) is 48.3 Å². The summed E-state index contributed by atoms with van der Waals surface area (Å²) >= 11 is 0. The maximum atomic E-state index is 12.6. The third kappa shape index (κ3) is 2.94. The lowest BCUT2D eigenvalue weighted by Crippen LogP contribution is -2.25. The highest BCUT2D eigenvalue weighted by molar-refractivity contribution is 6.32. The van der Waals surface area contributed by atoms with Crippen LogP contribution in [0.15, 0.2) is 42.7 Å². The molecule has 3 aromatic heterocycles. The Morgan fingerprint density at radius 3 is 2.80 bits per heavy atom. The molecule has 10 heteroatoms. The molecule has 0 fully saturated rings. The third-order valence-corrected chi connectivity index (χ3v) is 4.85. The molecular formula is C20H17N7O3. The zero-order valence-corrected chi connectivity index (χ0v) is 16.2. The number of anilines is 3. The normalized spacial score (nSPS) is 16.2. The first-order chi connectivity index (χ1) is 14.5. The Kier molecular flexibility index (Phi) is 3.98. The zero-order valence-electron chi connectivity index (χ0n) is 16.2. The van der Waals surface area contributed by atoms with Crippen LogP contribution in [-0.4, -0.2) is 38.2 Å². The number of nitrogens with one attached hydrogen (secondary N) is 3. The Hall–Kier alpha value is -4.21. The first-order valence-electron chi connectivity index (χ1n) is 9.19. The largest absolute Gasteiger partial charge is 0.481 e. The van der Waals surface area contributed by atoms with E-state index in [1.165, 1.54) is 6.20 Å². The molecular weight excluding hydrogens is 386 g/mol. The van der Waals surface area contributed by atoms with Crippen molar-refractivity contribution in [2.45, 2.75) is 6.92 Å². The van der Waals surface area contributed by atoms with Crippen LogP contribution < -0.4 is 20.7 Å². The standard InChI is InChI=1S/C20H17N7O3/c1-10(24-11-4-23-27(2)8-11)18-12-3-14(22-7-15(12)26-20(18)29)13-5-21-6-16-19(13)30-9-17(28)25-16/h3-8,24H,9H2,1-2H3,(H,25,28)(H,26,29). The predicted molar refractivity (Wildman–Crippen MR) is 110 cm³/mol. The number of carbonyl (C=O) groups excluding carboxylic acids is 2. The molecule has 30 heavy (non-hydrogen) atoms. The summed E-state index contributed by atoms with van der Waals surface area (Å²) in [7, 11) is 1.82. The Morgan fingerprint density at radius 2 is 2.00 bits per heavy atom. The van der Waals surface area contributed by atoms with Gasteiger partial charge in [-0.15, -0.1) is 0 Å². The number of allylic oxidation sites excluding steroid dienone is 1. The first kappa shape index (κ1) is 17.9. The minimum atomic E-state index is -0.236. The van der Waals surface area contributed by atoms with E-state index in [-0.39, 0.29) is 18.4 Å². The summed E-state index contributed by atoms with van der Waals surface area (Å²) in [6.45, 7) is 1.76. The highest BCUT2D eigenvalue weighted by Gasteiger charge is 2.29. The van der Waals surface area contributed by atoms with E-state index in [2.05, 4.69) is 31.0 Å². The molecule has 150 valence electrons. The van der Waals surface area contributed by atoms with Crippen molar-refractivity contribution in [1.29, 1.82) is 0 Å². The van der Waals surface area contributed by atoms with Crippen molar-refractivity contribution >= 4 is 34.4 Å². The number of nitrogens with zero attached hydrogens (tertiary/aromatic N) is 4. The Bertz CT molecular complexity index is 1240. The second-order valence-electron chi connectivity index (χ2n) is 7.00. The van der Waals surface area contributed by atoms with E-state index >= 15 is 0 Å². The minimum Gasteiger partial charge on any atom is -0.481 e. The number of aromatic nitrogens is 4. The molecule has 3 aromatic rings. The molecule has 0 aliphatic carbocycles. The van der Waals surface area contributed by atoms with Gasteiger partial charge in [0.25, 0.3) is 11.8 Å². The van der Waals surface area contributed by atoms with Crippen LogP contribution in [0.1, 0.15) is 12.5 Å². The number of hydrogen-bond acceptors (Lipinski definition) is 7. The van der Waals surface area contributed by atoms with Gasteiger partial charge in [0.15, 0.2) is 12.4 Å². The average Bonchev–Trinajstić information content (AvgIpc) is 3.28. The van der Waals surface area contributed by atoms with Crippen LogP contribution in [-0.2, 0) is 16.6 Å². The fraction of sp³-hybridized carbons (Fsp3) is 0.150. The van der Waals surface area contributed by atoms with Gasteiger partial charge in [0.2, 0.25) is 0 Å². The highest BCUT2D eigenvalue weighted by atomic mass is 16.5. The molecule has 0 bridgehead atoms.